The average Bonchev–Trinajstić information content (AvgIpc) is 1.72. The Morgan fingerprint density at radius 3 is 2.57 bits per heavy atom. The molecule has 0 N–H and O–H groups in total. The fraction of sp³-hybridized carbons (Fsp3) is 0.750. The van der Waals surface area contributed by atoms with Crippen molar-refractivity contribution in [2.24, 2.45) is 0 Å². The van der Waals surface area contributed by atoms with Gasteiger partial charge < -0.3 is 8.85 Å². The Hall–Kier alpha value is 0.00688. The van der Waals surface area contributed by atoms with Gasteiger partial charge in [-0.15, -0.1) is 0 Å². The molecule has 1 heterocycles. The Bertz CT molecular complexity index is 25.2. The van der Waals surface area contributed by atoms with Crippen molar-refractivity contribution in [3.05, 3.63) is 6.61 Å². The van der Waals surface area contributed by atoms with Crippen LogP contribution >= 0.6 is 0 Å². The van der Waals surface area contributed by atoms with Gasteiger partial charge in [-0.05, 0) is 10.0 Å². The third kappa shape index (κ3) is 2.67. The van der Waals surface area contributed by atoms with Crippen LogP contribution in [0, 0.1) is 6.61 Å². The smallest absolute Gasteiger partial charge is 0.178 e. The van der Waals surface area contributed by atoms with Crippen molar-refractivity contribution in [2.45, 2.75) is 13.8 Å². The monoisotopic (exact) mass is 117 g/mol. The number of hydrogen-bond donors (Lipinski definition) is 0. The van der Waals surface area contributed by atoms with Crippen molar-refractivity contribution in [1.29, 1.82) is 0 Å². The second kappa shape index (κ2) is 4.17. The molecule has 0 spiro atoms. The van der Waals surface area contributed by atoms with E-state index in [9.17, 15) is 0 Å². The van der Waals surface area contributed by atoms with Crippen LogP contribution in [0.15, 0.2) is 0 Å². The van der Waals surface area contributed by atoms with Gasteiger partial charge in [-0.1, -0.05) is 7.43 Å². The summed E-state index contributed by atoms with van der Waals surface area (Å²) in [4.78, 5) is 0. The topological polar surface area (TPSA) is 18.5 Å². The minimum absolute atomic E-state index is 0. The summed E-state index contributed by atoms with van der Waals surface area (Å²) in [6.07, 6.45) is 0.938. The Morgan fingerprint density at radius 1 is 1.57 bits per heavy atom. The SMILES string of the molecule is C.[CH+]1CCO[Si-]O1. The second-order valence-corrected chi connectivity index (χ2v) is 1.70. The fourth-order valence-electron chi connectivity index (χ4n) is 0.276. The van der Waals surface area contributed by atoms with Gasteiger partial charge in [0.05, 0.1) is 0 Å². The first kappa shape index (κ1) is 7.01. The summed E-state index contributed by atoms with van der Waals surface area (Å²) in [5, 5.41) is 0. The van der Waals surface area contributed by atoms with Gasteiger partial charge in [-0.3, -0.25) is 0 Å². The zero-order valence-electron chi connectivity index (χ0n) is 3.31. The molecule has 1 aliphatic rings. The summed E-state index contributed by atoms with van der Waals surface area (Å²) < 4.78 is 9.59. The quantitative estimate of drug-likeness (QED) is 0.344. The normalized spacial score (nSPS) is 19.4. The van der Waals surface area contributed by atoms with Crippen LogP contribution in [0.3, 0.4) is 0 Å². The van der Waals surface area contributed by atoms with E-state index in [4.69, 9.17) is 8.85 Å². The predicted molar refractivity (Wildman–Crippen MR) is 28.4 cm³/mol. The van der Waals surface area contributed by atoms with Gasteiger partial charge >= 0.3 is 0 Å². The van der Waals surface area contributed by atoms with Crippen LogP contribution in [0.5, 0.6) is 0 Å². The summed E-state index contributed by atoms with van der Waals surface area (Å²) in [5.74, 6) is 0. The first-order valence-electron chi connectivity index (χ1n) is 1.84. The largest absolute Gasteiger partial charge is 0.578 e. The molecule has 1 aliphatic heterocycles. The Labute approximate surface area is 46.9 Å². The van der Waals surface area contributed by atoms with E-state index in [1.54, 1.807) is 6.61 Å². The van der Waals surface area contributed by atoms with Crippen molar-refractivity contribution in [1.82, 2.24) is 0 Å². The van der Waals surface area contributed by atoms with E-state index in [1.807, 2.05) is 0 Å². The molecule has 0 aromatic rings. The molecular weight excluding hydrogens is 108 g/mol. The first-order chi connectivity index (χ1) is 3.00. The molecule has 1 radical (unpaired) electrons. The molecular formula is C4H9O2Si. The number of rotatable bonds is 0. The molecule has 0 aliphatic carbocycles. The average molecular weight is 117 g/mol. The van der Waals surface area contributed by atoms with Crippen molar-refractivity contribution in [3.63, 3.8) is 0 Å². The van der Waals surface area contributed by atoms with E-state index in [2.05, 4.69) is 0 Å². The second-order valence-electron chi connectivity index (χ2n) is 1.00. The highest BCUT2D eigenvalue weighted by molar-refractivity contribution is 6.18. The molecule has 0 aromatic carbocycles. The third-order valence-electron chi connectivity index (χ3n) is 0.528. The minimum Gasteiger partial charge on any atom is -0.578 e. The summed E-state index contributed by atoms with van der Waals surface area (Å²) in [7, 11) is 0.246. The van der Waals surface area contributed by atoms with Crippen molar-refractivity contribution in [3.8, 4) is 0 Å². The lowest BCUT2D eigenvalue weighted by Gasteiger charge is -2.15. The van der Waals surface area contributed by atoms with Crippen LogP contribution in [0.4, 0.5) is 0 Å². The molecule has 0 atom stereocenters. The first-order valence-corrected chi connectivity index (χ1v) is 2.66. The van der Waals surface area contributed by atoms with Crippen LogP contribution in [-0.2, 0) is 8.85 Å². The minimum atomic E-state index is 0. The van der Waals surface area contributed by atoms with Crippen LogP contribution in [0.1, 0.15) is 13.8 Å². The standard InChI is InChI=1S/C3H5O2Si.CH4/c1-2-4-6-5-3-1;/h2H,1,3H2;1H4. The van der Waals surface area contributed by atoms with Crippen LogP contribution < -0.4 is 0 Å². The number of hydrogen-bond acceptors (Lipinski definition) is 2. The zero-order chi connectivity index (χ0) is 4.24. The fourth-order valence-corrected chi connectivity index (χ4v) is 0.731. The lowest BCUT2D eigenvalue weighted by molar-refractivity contribution is 0.199. The molecule has 41 valence electrons. The van der Waals surface area contributed by atoms with Crippen LogP contribution in [0.25, 0.3) is 0 Å². The van der Waals surface area contributed by atoms with E-state index in [-0.39, 0.29) is 17.4 Å². The van der Waals surface area contributed by atoms with Gasteiger partial charge in [0.15, 0.2) is 6.61 Å². The van der Waals surface area contributed by atoms with Gasteiger partial charge in [-0.2, -0.15) is 0 Å². The van der Waals surface area contributed by atoms with E-state index in [0.29, 0.717) is 0 Å². The predicted octanol–water partition coefficient (Wildman–Crippen LogP) is 0.755. The summed E-state index contributed by atoms with van der Waals surface area (Å²) in [6, 6.07) is 0. The maximum atomic E-state index is 4.84. The summed E-state index contributed by atoms with van der Waals surface area (Å²) >= 11 is 0. The van der Waals surface area contributed by atoms with E-state index in [0.717, 1.165) is 13.0 Å². The molecule has 0 aromatic heterocycles. The Morgan fingerprint density at radius 2 is 2.43 bits per heavy atom. The van der Waals surface area contributed by atoms with Crippen LogP contribution in [0.2, 0.25) is 0 Å². The lowest BCUT2D eigenvalue weighted by atomic mass is 10.5. The molecule has 0 amide bonds. The van der Waals surface area contributed by atoms with Gasteiger partial charge in [0.1, 0.15) is 6.42 Å². The van der Waals surface area contributed by atoms with Gasteiger partial charge in [0.2, 0.25) is 0 Å². The highest BCUT2D eigenvalue weighted by Crippen LogP contribution is 1.94. The van der Waals surface area contributed by atoms with E-state index in [1.165, 1.54) is 0 Å². The molecule has 2 nitrogen and oxygen atoms in total. The Balaban J connectivity index is 0.000000360. The van der Waals surface area contributed by atoms with Crippen LogP contribution in [-0.4, -0.2) is 16.6 Å². The highest BCUT2D eigenvalue weighted by Gasteiger charge is 1.94. The van der Waals surface area contributed by atoms with E-state index < -0.39 is 0 Å². The van der Waals surface area contributed by atoms with Gasteiger partial charge in [0.25, 0.3) is 0 Å². The molecule has 1 fully saturated rings. The van der Waals surface area contributed by atoms with Gasteiger partial charge in [0, 0.05) is 6.61 Å². The maximum absolute atomic E-state index is 4.84. The molecule has 0 unspecified atom stereocenters. The molecule has 0 bridgehead atoms. The van der Waals surface area contributed by atoms with Crippen molar-refractivity contribution >= 4 is 10.0 Å². The van der Waals surface area contributed by atoms with Crippen molar-refractivity contribution in [2.75, 3.05) is 6.61 Å². The molecule has 0 saturated carbocycles. The molecule has 3 heteroatoms. The van der Waals surface area contributed by atoms with Crippen molar-refractivity contribution < 1.29 is 8.85 Å². The summed E-state index contributed by atoms with van der Waals surface area (Å²) in [5.41, 5.74) is 0. The highest BCUT2D eigenvalue weighted by atomic mass is 28.3. The maximum Gasteiger partial charge on any atom is 0.178 e. The van der Waals surface area contributed by atoms with Gasteiger partial charge in [-0.25, -0.2) is 0 Å². The third-order valence-corrected chi connectivity index (χ3v) is 1.11. The zero-order valence-corrected chi connectivity index (χ0v) is 4.31. The molecule has 7 heavy (non-hydrogen) atoms. The molecule has 1 saturated heterocycles. The summed E-state index contributed by atoms with van der Waals surface area (Å²) in [6.45, 7) is 2.61. The van der Waals surface area contributed by atoms with E-state index >= 15 is 0 Å². The Kier molecular flexibility index (Phi) is 4.18. The lowest BCUT2D eigenvalue weighted by Crippen LogP contribution is -2.10. The molecule has 1 rings (SSSR count).